The molecule has 0 unspecified atom stereocenters. The lowest BCUT2D eigenvalue weighted by atomic mass is 10.0. The number of rotatable bonds is 4. The number of hydrogen-bond donors (Lipinski definition) is 0. The van der Waals surface area contributed by atoms with Gasteiger partial charge in [-0.15, -0.1) is 0 Å². The number of methoxy groups -OCH3 is 1. The van der Waals surface area contributed by atoms with E-state index in [1.54, 1.807) is 37.4 Å². The third-order valence-corrected chi connectivity index (χ3v) is 7.02. The number of aromatic nitrogens is 3. The number of morpholine rings is 1. The van der Waals surface area contributed by atoms with E-state index in [1.165, 1.54) is 24.1 Å². The minimum absolute atomic E-state index is 0.0385. The van der Waals surface area contributed by atoms with E-state index in [0.717, 1.165) is 22.3 Å². The number of halogens is 2. The van der Waals surface area contributed by atoms with Crippen LogP contribution < -0.4 is 0 Å². The van der Waals surface area contributed by atoms with Gasteiger partial charge in [-0.05, 0) is 69.7 Å². The lowest BCUT2D eigenvalue weighted by Crippen LogP contribution is -2.46. The maximum Gasteiger partial charge on any atom is 0.420 e. The molecule has 1 aromatic carbocycles. The molecule has 4 aromatic rings. The number of nitrogens with zero attached hydrogens (tertiary/aromatic N) is 5. The highest BCUT2D eigenvalue weighted by Crippen LogP contribution is 2.35. The van der Waals surface area contributed by atoms with Crippen LogP contribution in [0.1, 0.15) is 37.7 Å². The fraction of sp³-hybridized carbons (Fsp3) is 0.355. The second kappa shape index (κ2) is 11.5. The summed E-state index contributed by atoms with van der Waals surface area (Å²) in [7, 11) is 1.30. The number of fused-ring (bicyclic) bond motifs is 1. The third-order valence-electron chi connectivity index (χ3n) is 7.02. The van der Waals surface area contributed by atoms with E-state index < -0.39 is 35.5 Å². The molecule has 0 radical (unpaired) electrons. The van der Waals surface area contributed by atoms with Gasteiger partial charge < -0.3 is 23.5 Å². The lowest BCUT2D eigenvalue weighted by Gasteiger charge is -2.32. The molecule has 0 bridgehead atoms. The van der Waals surface area contributed by atoms with Gasteiger partial charge in [0.1, 0.15) is 34.6 Å². The Balaban J connectivity index is 1.58. The van der Waals surface area contributed by atoms with E-state index in [9.17, 15) is 14.9 Å². The zero-order valence-electron chi connectivity index (χ0n) is 24.5. The van der Waals surface area contributed by atoms with Crippen molar-refractivity contribution in [1.29, 1.82) is 5.26 Å². The van der Waals surface area contributed by atoms with Crippen molar-refractivity contribution >= 4 is 17.8 Å². The summed E-state index contributed by atoms with van der Waals surface area (Å²) in [6.45, 7) is 7.79. The van der Waals surface area contributed by atoms with Crippen LogP contribution in [0, 0.1) is 29.9 Å². The van der Waals surface area contributed by atoms with Crippen LogP contribution in [-0.2, 0) is 20.6 Å². The summed E-state index contributed by atoms with van der Waals surface area (Å²) in [5, 5.41) is 9.57. The first-order valence-electron chi connectivity index (χ1n) is 13.7. The van der Waals surface area contributed by atoms with E-state index >= 15 is 8.78 Å². The minimum Gasteiger partial charge on any atom is -0.453 e. The van der Waals surface area contributed by atoms with Gasteiger partial charge in [-0.25, -0.2) is 27.9 Å². The minimum atomic E-state index is -0.910. The van der Waals surface area contributed by atoms with Gasteiger partial charge in [0.25, 0.3) is 0 Å². The number of aryl methyl sites for hydroxylation is 1. The molecular formula is C31H31F2N5O5. The van der Waals surface area contributed by atoms with Crippen LogP contribution in [0.2, 0.25) is 0 Å². The number of carbonyl (C=O) groups is 2. The maximum atomic E-state index is 16.0. The van der Waals surface area contributed by atoms with Crippen LogP contribution in [0.4, 0.5) is 18.4 Å². The van der Waals surface area contributed by atoms with Crippen LogP contribution in [0.15, 0.2) is 42.6 Å². The summed E-state index contributed by atoms with van der Waals surface area (Å²) in [6.07, 6.45) is 0.185. The molecule has 3 aromatic heterocycles. The molecule has 0 N–H and O–H groups in total. The van der Waals surface area contributed by atoms with Crippen molar-refractivity contribution in [3.8, 4) is 28.6 Å². The Morgan fingerprint density at radius 1 is 1.14 bits per heavy atom. The highest BCUT2D eigenvalue weighted by atomic mass is 19.1. The first kappa shape index (κ1) is 29.7. The first-order valence-corrected chi connectivity index (χ1v) is 13.7. The van der Waals surface area contributed by atoms with Crippen molar-refractivity contribution in [2.24, 2.45) is 0 Å². The standard InChI is InChI=1S/C31H31F2N5O5/c1-18-8-9-37-25(15-21-17-36(10-11-42-21)29(39)41-5)28(35-26(37)12-18)27-22(32)13-19(14-23(27)33)24-7-6-20(16-34)38(24)30(40)43-31(2,3)4/h6-9,12-14,21H,10-11,15,17H2,1-5H3/t21-/m0/s1. The fourth-order valence-electron chi connectivity index (χ4n) is 5.15. The Morgan fingerprint density at radius 3 is 2.51 bits per heavy atom. The molecule has 1 aliphatic rings. The van der Waals surface area contributed by atoms with Gasteiger partial charge >= 0.3 is 12.2 Å². The van der Waals surface area contributed by atoms with Crippen molar-refractivity contribution in [2.75, 3.05) is 26.8 Å². The smallest absolute Gasteiger partial charge is 0.420 e. The summed E-state index contributed by atoms with van der Waals surface area (Å²) < 4.78 is 50.9. The molecule has 1 atom stereocenters. The van der Waals surface area contributed by atoms with Crippen LogP contribution in [0.25, 0.3) is 28.2 Å². The highest BCUT2D eigenvalue weighted by molar-refractivity contribution is 5.82. The Morgan fingerprint density at radius 2 is 1.86 bits per heavy atom. The topological polar surface area (TPSA) is 111 Å². The Hall–Kier alpha value is -4.76. The predicted molar refractivity (Wildman–Crippen MR) is 152 cm³/mol. The molecule has 224 valence electrons. The molecule has 0 aliphatic carbocycles. The van der Waals surface area contributed by atoms with E-state index in [-0.39, 0.29) is 47.8 Å². The number of pyridine rings is 1. The fourth-order valence-corrected chi connectivity index (χ4v) is 5.15. The third kappa shape index (κ3) is 5.94. The van der Waals surface area contributed by atoms with Crippen LogP contribution in [0.3, 0.4) is 0 Å². The van der Waals surface area contributed by atoms with E-state index in [0.29, 0.717) is 17.9 Å². The molecule has 12 heteroatoms. The zero-order valence-corrected chi connectivity index (χ0v) is 24.5. The number of hydrogen-bond acceptors (Lipinski definition) is 7. The van der Waals surface area contributed by atoms with E-state index in [4.69, 9.17) is 14.2 Å². The normalized spacial score (nSPS) is 15.4. The van der Waals surface area contributed by atoms with Gasteiger partial charge in [0.15, 0.2) is 0 Å². The van der Waals surface area contributed by atoms with Crippen LogP contribution >= 0.6 is 0 Å². The summed E-state index contributed by atoms with van der Waals surface area (Å²) in [5.41, 5.74) is 0.875. The second-order valence-electron chi connectivity index (χ2n) is 11.3. The summed E-state index contributed by atoms with van der Waals surface area (Å²) >= 11 is 0. The number of ether oxygens (including phenoxy) is 3. The largest absolute Gasteiger partial charge is 0.453 e. The van der Waals surface area contributed by atoms with Crippen molar-refractivity contribution < 1.29 is 32.6 Å². The molecule has 1 saturated heterocycles. The highest BCUT2D eigenvalue weighted by Gasteiger charge is 2.30. The van der Waals surface area contributed by atoms with Gasteiger partial charge in [-0.2, -0.15) is 5.26 Å². The van der Waals surface area contributed by atoms with E-state index in [2.05, 4.69) is 4.98 Å². The Bertz CT molecular complexity index is 1740. The number of nitriles is 1. The molecule has 4 heterocycles. The summed E-state index contributed by atoms with van der Waals surface area (Å²) in [4.78, 5) is 31.2. The molecule has 1 fully saturated rings. The van der Waals surface area contributed by atoms with Gasteiger partial charge in [0.2, 0.25) is 0 Å². The zero-order chi connectivity index (χ0) is 31.1. The van der Waals surface area contributed by atoms with Gasteiger partial charge in [-0.1, -0.05) is 0 Å². The number of carbonyl (C=O) groups excluding carboxylic acids is 2. The quantitative estimate of drug-likeness (QED) is 0.298. The van der Waals surface area contributed by atoms with Gasteiger partial charge in [0, 0.05) is 24.7 Å². The molecular weight excluding hydrogens is 560 g/mol. The van der Waals surface area contributed by atoms with Gasteiger partial charge in [-0.3, -0.25) is 0 Å². The van der Waals surface area contributed by atoms with Crippen molar-refractivity contribution in [3.63, 3.8) is 0 Å². The Kier molecular flexibility index (Phi) is 7.94. The maximum absolute atomic E-state index is 16.0. The molecule has 0 saturated carbocycles. The monoisotopic (exact) mass is 591 g/mol. The lowest BCUT2D eigenvalue weighted by molar-refractivity contribution is -0.0241. The molecule has 10 nitrogen and oxygen atoms in total. The SMILES string of the molecule is COC(=O)N1CCO[C@@H](Cc2c(-c3c(F)cc(-c4ccc(C#N)n4C(=O)OC(C)(C)C)cc3F)nc3cc(C)ccn23)C1. The van der Waals surface area contributed by atoms with E-state index in [1.807, 2.05) is 19.1 Å². The number of benzene rings is 1. The second-order valence-corrected chi connectivity index (χ2v) is 11.3. The molecule has 43 heavy (non-hydrogen) atoms. The van der Waals surface area contributed by atoms with Crippen molar-refractivity contribution in [2.45, 2.75) is 45.8 Å². The molecule has 1 amide bonds. The van der Waals surface area contributed by atoms with Crippen molar-refractivity contribution in [3.05, 3.63) is 71.2 Å². The van der Waals surface area contributed by atoms with Gasteiger partial charge in [0.05, 0.1) is 49.0 Å². The molecule has 0 spiro atoms. The average molecular weight is 592 g/mol. The van der Waals surface area contributed by atoms with Crippen LogP contribution in [-0.4, -0.2) is 69.5 Å². The number of imidazole rings is 1. The molecule has 5 rings (SSSR count). The average Bonchev–Trinajstić information content (AvgIpc) is 3.53. The Labute approximate surface area is 247 Å². The first-order chi connectivity index (χ1) is 20.4. The van der Waals surface area contributed by atoms with Crippen LogP contribution in [0.5, 0.6) is 0 Å². The molecule has 1 aliphatic heterocycles. The predicted octanol–water partition coefficient (Wildman–Crippen LogP) is 5.72. The summed E-state index contributed by atoms with van der Waals surface area (Å²) in [5.74, 6) is -1.82. The summed E-state index contributed by atoms with van der Waals surface area (Å²) in [6, 6.07) is 10.6. The van der Waals surface area contributed by atoms with Crippen molar-refractivity contribution in [1.82, 2.24) is 18.9 Å². The number of amides is 1.